The van der Waals surface area contributed by atoms with E-state index >= 15 is 0 Å². The summed E-state index contributed by atoms with van der Waals surface area (Å²) >= 11 is 12.2. The molecule has 1 aromatic heterocycles. The normalized spacial score (nSPS) is 10.5. The van der Waals surface area contributed by atoms with Crippen molar-refractivity contribution in [1.82, 2.24) is 0 Å². The lowest BCUT2D eigenvalue weighted by atomic mass is 10.2. The Morgan fingerprint density at radius 3 is 2.36 bits per heavy atom. The van der Waals surface area contributed by atoms with Gasteiger partial charge in [0.2, 0.25) is 0 Å². The lowest BCUT2D eigenvalue weighted by molar-refractivity contribution is 1.63. The molecule has 0 unspecified atom stereocenters. The van der Waals surface area contributed by atoms with Crippen molar-refractivity contribution in [3.05, 3.63) is 43.1 Å². The summed E-state index contributed by atoms with van der Waals surface area (Å²) in [5.41, 5.74) is 1.22. The number of rotatable bonds is 1. The highest BCUT2D eigenvalue weighted by molar-refractivity contribution is 9.11. The molecule has 4 heteroatoms. The zero-order chi connectivity index (χ0) is 10.1. The number of hydrogen-bond acceptors (Lipinski definition) is 1. The number of hydrogen-bond donors (Lipinski definition) is 0. The van der Waals surface area contributed by atoms with E-state index in [1.54, 1.807) is 11.3 Å². The summed E-state index contributed by atoms with van der Waals surface area (Å²) in [6.07, 6.45) is 0. The smallest absolute Gasteiger partial charge is 0.0716 e. The van der Waals surface area contributed by atoms with Gasteiger partial charge in [-0.15, -0.1) is 11.3 Å². The second-order valence-corrected chi connectivity index (χ2v) is 6.94. The van der Waals surface area contributed by atoms with E-state index in [9.17, 15) is 0 Å². The van der Waals surface area contributed by atoms with Gasteiger partial charge in [-0.3, -0.25) is 0 Å². The minimum Gasteiger partial charge on any atom is -0.127 e. The van der Waals surface area contributed by atoms with Crippen LogP contribution in [0.15, 0.2) is 43.1 Å². The van der Waals surface area contributed by atoms with Crippen LogP contribution in [0.4, 0.5) is 0 Å². The molecule has 0 fully saturated rings. The Labute approximate surface area is 112 Å². The lowest BCUT2D eigenvalue weighted by Crippen LogP contribution is -1.72. The van der Waals surface area contributed by atoms with Crippen molar-refractivity contribution >= 4 is 59.1 Å². The van der Waals surface area contributed by atoms with E-state index < -0.39 is 0 Å². The predicted molar refractivity (Wildman–Crippen MR) is 72.9 cm³/mol. The Morgan fingerprint density at radius 1 is 1.00 bits per heavy atom. The fourth-order valence-electron chi connectivity index (χ4n) is 1.17. The minimum atomic E-state index is 1.10. The molecule has 0 atom stereocenters. The molecular weight excluding hydrogens is 392 g/mol. The number of benzene rings is 1. The topological polar surface area (TPSA) is 0 Å². The Bertz CT molecular complexity index is 462. The fraction of sp³-hybridized carbons (Fsp3) is 0. The molecular formula is C10H5Br3S. The second-order valence-electron chi connectivity index (χ2n) is 2.74. The van der Waals surface area contributed by atoms with Crippen LogP contribution < -0.4 is 0 Å². The molecule has 1 aromatic carbocycles. The van der Waals surface area contributed by atoms with Crippen molar-refractivity contribution in [2.75, 3.05) is 0 Å². The van der Waals surface area contributed by atoms with Gasteiger partial charge < -0.3 is 0 Å². The Balaban J connectivity index is 2.54. The molecule has 1 heterocycles. The van der Waals surface area contributed by atoms with Crippen molar-refractivity contribution in [1.29, 1.82) is 0 Å². The van der Waals surface area contributed by atoms with Gasteiger partial charge in [-0.25, -0.2) is 0 Å². The van der Waals surface area contributed by atoms with E-state index in [-0.39, 0.29) is 0 Å². The first-order valence-corrected chi connectivity index (χ1v) is 7.07. The van der Waals surface area contributed by atoms with Gasteiger partial charge >= 0.3 is 0 Å². The summed E-state index contributed by atoms with van der Waals surface area (Å²) in [6, 6.07) is 10.4. The third-order valence-electron chi connectivity index (χ3n) is 1.74. The van der Waals surface area contributed by atoms with E-state index in [4.69, 9.17) is 0 Å². The van der Waals surface area contributed by atoms with Crippen LogP contribution in [0.5, 0.6) is 0 Å². The third kappa shape index (κ3) is 2.30. The van der Waals surface area contributed by atoms with Gasteiger partial charge in [-0.1, -0.05) is 28.1 Å². The Kier molecular flexibility index (Phi) is 3.47. The van der Waals surface area contributed by atoms with Crippen molar-refractivity contribution in [2.24, 2.45) is 0 Å². The minimum absolute atomic E-state index is 1.10. The van der Waals surface area contributed by atoms with Crippen molar-refractivity contribution in [2.45, 2.75) is 0 Å². The molecule has 0 radical (unpaired) electrons. The predicted octanol–water partition coefficient (Wildman–Crippen LogP) is 5.70. The first kappa shape index (κ1) is 10.9. The fourth-order valence-corrected chi connectivity index (χ4v) is 4.21. The van der Waals surface area contributed by atoms with Gasteiger partial charge in [-0.05, 0) is 55.6 Å². The van der Waals surface area contributed by atoms with E-state index in [1.807, 2.05) is 12.1 Å². The summed E-state index contributed by atoms with van der Waals surface area (Å²) in [4.78, 5) is 1.25. The second kappa shape index (κ2) is 4.47. The Hall–Kier alpha value is 0.360. The van der Waals surface area contributed by atoms with E-state index in [2.05, 4.69) is 66.0 Å². The molecule has 0 spiro atoms. The highest BCUT2D eigenvalue weighted by atomic mass is 79.9. The lowest BCUT2D eigenvalue weighted by Gasteiger charge is -1.98. The van der Waals surface area contributed by atoms with Crippen LogP contribution in [0.25, 0.3) is 10.4 Å². The van der Waals surface area contributed by atoms with Crippen molar-refractivity contribution < 1.29 is 0 Å². The SMILES string of the molecule is Brc1cccc(-c2sc(Br)cc2Br)c1. The van der Waals surface area contributed by atoms with E-state index in [1.165, 1.54) is 10.4 Å². The summed E-state index contributed by atoms with van der Waals surface area (Å²) in [6.45, 7) is 0. The molecule has 0 aliphatic carbocycles. The molecule has 0 bridgehead atoms. The summed E-state index contributed by atoms with van der Waals surface area (Å²) in [5.74, 6) is 0. The van der Waals surface area contributed by atoms with Gasteiger partial charge in [0.05, 0.1) is 3.79 Å². The zero-order valence-electron chi connectivity index (χ0n) is 6.93. The molecule has 0 N–H and O–H groups in total. The molecule has 0 saturated carbocycles. The van der Waals surface area contributed by atoms with Crippen LogP contribution >= 0.6 is 59.1 Å². The average molecular weight is 397 g/mol. The van der Waals surface area contributed by atoms with Crippen LogP contribution in [0, 0.1) is 0 Å². The van der Waals surface area contributed by atoms with Crippen LogP contribution in [-0.2, 0) is 0 Å². The molecule has 2 aromatic rings. The van der Waals surface area contributed by atoms with E-state index in [0.717, 1.165) is 12.7 Å². The quantitative estimate of drug-likeness (QED) is 0.579. The first-order chi connectivity index (χ1) is 6.66. The van der Waals surface area contributed by atoms with Crippen LogP contribution in [0.3, 0.4) is 0 Å². The zero-order valence-corrected chi connectivity index (χ0v) is 12.5. The van der Waals surface area contributed by atoms with Gasteiger partial charge in [0.25, 0.3) is 0 Å². The molecule has 0 aliphatic heterocycles. The first-order valence-electron chi connectivity index (χ1n) is 3.87. The van der Waals surface area contributed by atoms with E-state index in [0.29, 0.717) is 0 Å². The molecule has 2 rings (SSSR count). The molecule has 0 saturated heterocycles. The molecule has 0 amide bonds. The van der Waals surface area contributed by atoms with Gasteiger partial charge in [0, 0.05) is 13.8 Å². The highest BCUT2D eigenvalue weighted by Crippen LogP contribution is 2.39. The van der Waals surface area contributed by atoms with Gasteiger partial charge in [-0.2, -0.15) is 0 Å². The van der Waals surface area contributed by atoms with Crippen molar-refractivity contribution in [3.8, 4) is 10.4 Å². The maximum absolute atomic E-state index is 3.54. The Morgan fingerprint density at radius 2 is 1.79 bits per heavy atom. The average Bonchev–Trinajstić information content (AvgIpc) is 2.45. The van der Waals surface area contributed by atoms with Gasteiger partial charge in [0.15, 0.2) is 0 Å². The number of thiophene rings is 1. The maximum atomic E-state index is 3.54. The third-order valence-corrected chi connectivity index (χ3v) is 4.81. The summed E-state index contributed by atoms with van der Waals surface area (Å²) in [7, 11) is 0. The van der Waals surface area contributed by atoms with Gasteiger partial charge in [0.1, 0.15) is 0 Å². The van der Waals surface area contributed by atoms with Crippen LogP contribution in [0.1, 0.15) is 0 Å². The molecule has 14 heavy (non-hydrogen) atoms. The van der Waals surface area contributed by atoms with Crippen LogP contribution in [-0.4, -0.2) is 0 Å². The monoisotopic (exact) mass is 394 g/mol. The highest BCUT2D eigenvalue weighted by Gasteiger charge is 2.07. The molecule has 0 nitrogen and oxygen atoms in total. The standard InChI is InChI=1S/C10H5Br3S/c11-7-3-1-2-6(4-7)10-8(12)5-9(13)14-10/h1-5H. The van der Waals surface area contributed by atoms with Crippen LogP contribution in [0.2, 0.25) is 0 Å². The summed E-state index contributed by atoms with van der Waals surface area (Å²) in [5, 5.41) is 0. The maximum Gasteiger partial charge on any atom is 0.0716 e. The van der Waals surface area contributed by atoms with Crippen molar-refractivity contribution in [3.63, 3.8) is 0 Å². The largest absolute Gasteiger partial charge is 0.127 e. The molecule has 0 aliphatic rings. The number of halogens is 3. The summed E-state index contributed by atoms with van der Waals surface area (Å²) < 4.78 is 3.37. The molecule has 72 valence electrons.